The maximum atomic E-state index is 10.9. The van der Waals surface area contributed by atoms with Crippen LogP contribution >= 0.6 is 0 Å². The summed E-state index contributed by atoms with van der Waals surface area (Å²) in [5, 5.41) is 4.06. The van der Waals surface area contributed by atoms with Crippen LogP contribution in [0.1, 0.15) is 12.1 Å². The van der Waals surface area contributed by atoms with E-state index in [9.17, 15) is 4.79 Å². The normalized spacial score (nSPS) is 10.2. The minimum absolute atomic E-state index is 0.0773. The van der Waals surface area contributed by atoms with E-state index >= 15 is 0 Å². The lowest BCUT2D eigenvalue weighted by molar-refractivity contribution is 0.664. The molecular formula is C8H13N3O. The molecule has 0 atom stereocenters. The topological polar surface area (TPSA) is 60.9 Å². The Morgan fingerprint density at radius 3 is 2.92 bits per heavy atom. The van der Waals surface area contributed by atoms with E-state index in [4.69, 9.17) is 5.73 Å². The maximum absolute atomic E-state index is 10.9. The molecule has 0 amide bonds. The summed E-state index contributed by atoms with van der Waals surface area (Å²) in [4.78, 5) is 10.9. The number of nitrogens with zero attached hydrogens (tertiary/aromatic N) is 2. The summed E-state index contributed by atoms with van der Waals surface area (Å²) in [6, 6.07) is 3.27. The fraction of sp³-hybridized carbons (Fsp3) is 0.500. The summed E-state index contributed by atoms with van der Waals surface area (Å²) in [6.07, 6.45) is 1.75. The van der Waals surface area contributed by atoms with Gasteiger partial charge in [-0.3, -0.25) is 4.79 Å². The van der Waals surface area contributed by atoms with E-state index in [2.05, 4.69) is 5.10 Å². The molecule has 1 rings (SSSR count). The van der Waals surface area contributed by atoms with E-state index in [-0.39, 0.29) is 5.56 Å². The fourth-order valence-electron chi connectivity index (χ4n) is 0.967. The predicted molar refractivity (Wildman–Crippen MR) is 46.9 cm³/mol. The molecule has 0 spiro atoms. The van der Waals surface area contributed by atoms with Gasteiger partial charge < -0.3 is 5.73 Å². The van der Waals surface area contributed by atoms with Gasteiger partial charge in [-0.1, -0.05) is 0 Å². The van der Waals surface area contributed by atoms with Crippen LogP contribution in [0.2, 0.25) is 0 Å². The van der Waals surface area contributed by atoms with Crippen molar-refractivity contribution in [1.29, 1.82) is 0 Å². The van der Waals surface area contributed by atoms with E-state index in [1.165, 1.54) is 10.7 Å². The monoisotopic (exact) mass is 167 g/mol. The molecule has 4 nitrogen and oxygen atoms in total. The van der Waals surface area contributed by atoms with E-state index in [1.807, 2.05) is 0 Å². The highest BCUT2D eigenvalue weighted by Crippen LogP contribution is 1.93. The highest BCUT2D eigenvalue weighted by molar-refractivity contribution is 5.00. The average Bonchev–Trinajstić information content (AvgIpc) is 2.07. The molecule has 0 fully saturated rings. The van der Waals surface area contributed by atoms with Crippen molar-refractivity contribution in [2.75, 3.05) is 6.54 Å². The number of rotatable bonds is 3. The predicted octanol–water partition coefficient (Wildman–Crippen LogP) is -0.328. The van der Waals surface area contributed by atoms with Crippen molar-refractivity contribution >= 4 is 0 Å². The van der Waals surface area contributed by atoms with Gasteiger partial charge in [-0.25, -0.2) is 4.68 Å². The average molecular weight is 167 g/mol. The molecule has 1 aromatic heterocycles. The second kappa shape index (κ2) is 4.01. The van der Waals surface area contributed by atoms with Gasteiger partial charge in [0.1, 0.15) is 0 Å². The van der Waals surface area contributed by atoms with Crippen LogP contribution in [-0.2, 0) is 13.5 Å². The molecule has 0 aromatic carbocycles. The smallest absolute Gasteiger partial charge is 0.266 e. The quantitative estimate of drug-likeness (QED) is 0.670. The Hall–Kier alpha value is -1.16. The van der Waals surface area contributed by atoms with E-state index in [1.54, 1.807) is 13.1 Å². The number of hydrogen-bond acceptors (Lipinski definition) is 3. The third kappa shape index (κ3) is 2.17. The molecule has 0 saturated carbocycles. The summed E-state index contributed by atoms with van der Waals surface area (Å²) < 4.78 is 1.34. The van der Waals surface area contributed by atoms with Crippen LogP contribution < -0.4 is 11.3 Å². The zero-order valence-corrected chi connectivity index (χ0v) is 7.16. The van der Waals surface area contributed by atoms with Crippen LogP contribution in [0, 0.1) is 0 Å². The molecule has 12 heavy (non-hydrogen) atoms. The highest BCUT2D eigenvalue weighted by Gasteiger charge is 1.95. The van der Waals surface area contributed by atoms with Gasteiger partial charge in [0, 0.05) is 13.1 Å². The molecule has 1 aromatic rings. The second-order valence-corrected chi connectivity index (χ2v) is 2.68. The van der Waals surface area contributed by atoms with Gasteiger partial charge in [0.2, 0.25) is 0 Å². The lowest BCUT2D eigenvalue weighted by atomic mass is 10.2. The Morgan fingerprint density at radius 2 is 2.33 bits per heavy atom. The molecule has 0 aliphatic heterocycles. The third-order valence-electron chi connectivity index (χ3n) is 1.65. The van der Waals surface area contributed by atoms with Crippen LogP contribution in [0.4, 0.5) is 0 Å². The van der Waals surface area contributed by atoms with Crippen molar-refractivity contribution in [3.63, 3.8) is 0 Å². The molecule has 0 bridgehead atoms. The Morgan fingerprint density at radius 1 is 1.58 bits per heavy atom. The minimum atomic E-state index is -0.0773. The molecule has 0 aliphatic carbocycles. The van der Waals surface area contributed by atoms with Crippen molar-refractivity contribution in [2.45, 2.75) is 12.8 Å². The van der Waals surface area contributed by atoms with Crippen molar-refractivity contribution in [3.8, 4) is 0 Å². The SMILES string of the molecule is Cn1nc(CCCN)ccc1=O. The molecule has 2 N–H and O–H groups in total. The lowest BCUT2D eigenvalue weighted by Gasteiger charge is -2.00. The number of aromatic nitrogens is 2. The first-order valence-electron chi connectivity index (χ1n) is 3.97. The zero-order valence-electron chi connectivity index (χ0n) is 7.16. The minimum Gasteiger partial charge on any atom is -0.330 e. The van der Waals surface area contributed by atoms with Gasteiger partial charge in [-0.2, -0.15) is 5.10 Å². The second-order valence-electron chi connectivity index (χ2n) is 2.68. The van der Waals surface area contributed by atoms with Gasteiger partial charge in [0.25, 0.3) is 5.56 Å². The van der Waals surface area contributed by atoms with Gasteiger partial charge in [-0.05, 0) is 25.5 Å². The molecule has 66 valence electrons. The lowest BCUT2D eigenvalue weighted by Crippen LogP contribution is -2.19. The summed E-state index contributed by atoms with van der Waals surface area (Å²) in [5.74, 6) is 0. The van der Waals surface area contributed by atoms with E-state index in [0.717, 1.165) is 18.5 Å². The van der Waals surface area contributed by atoms with Gasteiger partial charge >= 0.3 is 0 Å². The zero-order chi connectivity index (χ0) is 8.97. The van der Waals surface area contributed by atoms with Gasteiger partial charge in [-0.15, -0.1) is 0 Å². The van der Waals surface area contributed by atoms with Crippen molar-refractivity contribution in [2.24, 2.45) is 12.8 Å². The standard InChI is InChI=1S/C8H13N3O/c1-11-8(12)5-4-7(10-11)3-2-6-9/h4-5H,2-3,6,9H2,1H3. The van der Waals surface area contributed by atoms with Crippen molar-refractivity contribution < 1.29 is 0 Å². The Balaban J connectivity index is 2.75. The Kier molecular flexibility index (Phi) is 2.99. The van der Waals surface area contributed by atoms with Crippen LogP contribution in [0.5, 0.6) is 0 Å². The van der Waals surface area contributed by atoms with Crippen LogP contribution in [-0.4, -0.2) is 16.3 Å². The van der Waals surface area contributed by atoms with Gasteiger partial charge in [0.05, 0.1) is 5.69 Å². The number of hydrogen-bond donors (Lipinski definition) is 1. The first-order chi connectivity index (χ1) is 5.74. The summed E-state index contributed by atoms with van der Waals surface area (Å²) >= 11 is 0. The molecule has 1 heterocycles. The maximum Gasteiger partial charge on any atom is 0.266 e. The van der Waals surface area contributed by atoms with E-state index < -0.39 is 0 Å². The van der Waals surface area contributed by atoms with Crippen molar-refractivity contribution in [3.05, 3.63) is 28.2 Å². The van der Waals surface area contributed by atoms with Crippen LogP contribution in [0.3, 0.4) is 0 Å². The largest absolute Gasteiger partial charge is 0.330 e. The third-order valence-corrected chi connectivity index (χ3v) is 1.65. The molecular weight excluding hydrogens is 154 g/mol. The molecule has 4 heteroatoms. The first-order valence-corrected chi connectivity index (χ1v) is 3.97. The van der Waals surface area contributed by atoms with Crippen LogP contribution in [0.15, 0.2) is 16.9 Å². The van der Waals surface area contributed by atoms with Gasteiger partial charge in [0.15, 0.2) is 0 Å². The summed E-state index contributed by atoms with van der Waals surface area (Å²) in [6.45, 7) is 0.657. The molecule has 0 saturated heterocycles. The van der Waals surface area contributed by atoms with Crippen LogP contribution in [0.25, 0.3) is 0 Å². The molecule has 0 unspecified atom stereocenters. The summed E-state index contributed by atoms with van der Waals surface area (Å²) in [5.41, 5.74) is 6.19. The number of nitrogens with two attached hydrogens (primary N) is 1. The Bertz CT molecular complexity index is 305. The number of aryl methyl sites for hydroxylation is 2. The Labute approximate surface area is 71.0 Å². The first kappa shape index (κ1) is 8.93. The fourth-order valence-corrected chi connectivity index (χ4v) is 0.967. The molecule has 0 radical (unpaired) electrons. The highest BCUT2D eigenvalue weighted by atomic mass is 16.1. The summed E-state index contributed by atoms with van der Waals surface area (Å²) in [7, 11) is 1.65. The van der Waals surface area contributed by atoms with E-state index in [0.29, 0.717) is 6.54 Å². The van der Waals surface area contributed by atoms with Crippen molar-refractivity contribution in [1.82, 2.24) is 9.78 Å². The molecule has 0 aliphatic rings.